The third kappa shape index (κ3) is 4.83. The smallest absolute Gasteiger partial charge is 0.461 e. The van der Waals surface area contributed by atoms with E-state index in [1.165, 1.54) is 18.2 Å². The van der Waals surface area contributed by atoms with Crippen molar-refractivity contribution in [3.8, 4) is 5.75 Å². The number of rotatable bonds is 6. The molecule has 0 aliphatic heterocycles. The molecule has 0 atom stereocenters. The lowest BCUT2D eigenvalue weighted by molar-refractivity contribution is -0.253. The summed E-state index contributed by atoms with van der Waals surface area (Å²) in [6, 6.07) is 4.56. The Morgan fingerprint density at radius 2 is 1.76 bits per heavy atom. The minimum atomic E-state index is -4.71. The van der Waals surface area contributed by atoms with Gasteiger partial charge in [0.05, 0.1) is 11.5 Å². The van der Waals surface area contributed by atoms with Crippen LogP contribution in [0.1, 0.15) is 36.0 Å². The normalized spacial score (nSPS) is 21.0. The van der Waals surface area contributed by atoms with Crippen molar-refractivity contribution in [2.45, 2.75) is 44.3 Å². The molecule has 25 heavy (non-hydrogen) atoms. The summed E-state index contributed by atoms with van der Waals surface area (Å²) in [5, 5.41) is 11.5. The van der Waals surface area contributed by atoms with Crippen LogP contribution < -0.4 is 10.1 Å². The zero-order valence-corrected chi connectivity index (χ0v) is 13.1. The van der Waals surface area contributed by atoms with Gasteiger partial charge in [0.2, 0.25) is 0 Å². The molecule has 9 heteroatoms. The summed E-state index contributed by atoms with van der Waals surface area (Å²) in [6.07, 6.45) is -7.10. The highest BCUT2D eigenvalue weighted by Gasteiger charge is 2.44. The van der Waals surface area contributed by atoms with Crippen LogP contribution >= 0.6 is 0 Å². The fourth-order valence-electron chi connectivity index (χ4n) is 2.68. The summed E-state index contributed by atoms with van der Waals surface area (Å²) in [6.45, 7) is 0. The molecule has 0 aromatic heterocycles. The van der Waals surface area contributed by atoms with Crippen molar-refractivity contribution >= 4 is 11.9 Å². The van der Waals surface area contributed by atoms with E-state index in [0.29, 0.717) is 25.7 Å². The molecule has 5 nitrogen and oxygen atoms in total. The van der Waals surface area contributed by atoms with Crippen LogP contribution in [0.2, 0.25) is 0 Å². The maximum Gasteiger partial charge on any atom is 0.461 e. The lowest BCUT2D eigenvalue weighted by Gasteiger charge is -2.27. The van der Waals surface area contributed by atoms with Gasteiger partial charge in [0, 0.05) is 6.04 Å². The summed E-state index contributed by atoms with van der Waals surface area (Å²) >= 11 is 0. The van der Waals surface area contributed by atoms with E-state index >= 15 is 0 Å². The Hall–Kier alpha value is -2.32. The second-order valence-electron chi connectivity index (χ2n) is 5.82. The molecule has 0 radical (unpaired) electrons. The summed E-state index contributed by atoms with van der Waals surface area (Å²) in [4.78, 5) is 23.2. The molecule has 1 fully saturated rings. The number of aliphatic carboxylic acids is 1. The van der Waals surface area contributed by atoms with Gasteiger partial charge in [0.25, 0.3) is 5.91 Å². The van der Waals surface area contributed by atoms with Crippen molar-refractivity contribution in [3.05, 3.63) is 29.8 Å². The molecule has 138 valence electrons. The average Bonchev–Trinajstić information content (AvgIpc) is 2.55. The van der Waals surface area contributed by atoms with Crippen LogP contribution in [0, 0.1) is 5.92 Å². The highest BCUT2D eigenvalue weighted by molar-refractivity contribution is 5.97. The number of carboxylic acids is 1. The first-order chi connectivity index (χ1) is 11.7. The van der Waals surface area contributed by atoms with E-state index < -0.39 is 36.1 Å². The summed E-state index contributed by atoms with van der Waals surface area (Å²) in [5.74, 6) is -2.74. The quantitative estimate of drug-likeness (QED) is 0.761. The van der Waals surface area contributed by atoms with E-state index in [2.05, 4.69) is 10.1 Å². The van der Waals surface area contributed by atoms with E-state index in [-0.39, 0.29) is 11.6 Å². The lowest BCUT2D eigenvalue weighted by atomic mass is 9.86. The SMILES string of the molecule is O=C(NC1CCC(C(=O)O)CC1)c1ccccc1OC(F)(F)C(F)F. The Bertz CT molecular complexity index is 630. The van der Waals surface area contributed by atoms with E-state index in [9.17, 15) is 27.2 Å². The zero-order valence-electron chi connectivity index (χ0n) is 13.1. The highest BCUT2D eigenvalue weighted by atomic mass is 19.3. The molecule has 1 amide bonds. The second-order valence-corrected chi connectivity index (χ2v) is 5.82. The van der Waals surface area contributed by atoms with Crippen LogP contribution in [0.4, 0.5) is 17.6 Å². The standard InChI is InChI=1S/C16H17F4NO4/c17-15(18)16(19,20)25-12-4-2-1-3-11(12)13(22)21-10-7-5-9(6-8-10)14(23)24/h1-4,9-10,15H,5-8H2,(H,21,22)(H,23,24). The first-order valence-corrected chi connectivity index (χ1v) is 7.68. The fourth-order valence-corrected chi connectivity index (χ4v) is 2.68. The van der Waals surface area contributed by atoms with Gasteiger partial charge in [-0.3, -0.25) is 9.59 Å². The molecular formula is C16H17F4NO4. The van der Waals surface area contributed by atoms with Gasteiger partial charge in [-0.1, -0.05) is 12.1 Å². The first kappa shape index (κ1) is 19.0. The number of halogens is 4. The van der Waals surface area contributed by atoms with Crippen molar-refractivity contribution in [3.63, 3.8) is 0 Å². The largest absolute Gasteiger partial charge is 0.481 e. The number of carbonyl (C=O) groups excluding carboxylic acids is 1. The zero-order chi connectivity index (χ0) is 18.6. The number of hydrogen-bond donors (Lipinski definition) is 2. The molecule has 1 aromatic carbocycles. The van der Waals surface area contributed by atoms with Crippen molar-refractivity contribution < 1.29 is 37.0 Å². The summed E-state index contributed by atoms with van der Waals surface area (Å²) in [5.41, 5.74) is -0.289. The Morgan fingerprint density at radius 1 is 1.16 bits per heavy atom. The van der Waals surface area contributed by atoms with Crippen LogP contribution in [0.5, 0.6) is 5.75 Å². The molecule has 0 unspecified atom stereocenters. The third-order valence-electron chi connectivity index (χ3n) is 4.04. The van der Waals surface area contributed by atoms with Crippen LogP contribution in [0.3, 0.4) is 0 Å². The summed E-state index contributed by atoms with van der Waals surface area (Å²) < 4.78 is 54.8. The van der Waals surface area contributed by atoms with Gasteiger partial charge >= 0.3 is 18.5 Å². The molecular weight excluding hydrogens is 346 g/mol. The van der Waals surface area contributed by atoms with Crippen LogP contribution in [-0.4, -0.2) is 35.6 Å². The van der Waals surface area contributed by atoms with Crippen LogP contribution in [0.25, 0.3) is 0 Å². The average molecular weight is 363 g/mol. The Labute approximate surface area is 141 Å². The number of benzene rings is 1. The van der Waals surface area contributed by atoms with Gasteiger partial charge in [-0.15, -0.1) is 0 Å². The van der Waals surface area contributed by atoms with Gasteiger partial charge in [0.1, 0.15) is 5.75 Å². The van der Waals surface area contributed by atoms with E-state index in [4.69, 9.17) is 5.11 Å². The number of para-hydroxylation sites is 1. The van der Waals surface area contributed by atoms with Gasteiger partial charge in [0.15, 0.2) is 0 Å². The molecule has 2 rings (SSSR count). The molecule has 0 saturated heterocycles. The molecule has 1 aliphatic rings. The second kappa shape index (κ2) is 7.71. The number of alkyl halides is 4. The molecule has 0 bridgehead atoms. The highest BCUT2D eigenvalue weighted by Crippen LogP contribution is 2.30. The maximum atomic E-state index is 13.1. The predicted octanol–water partition coefficient (Wildman–Crippen LogP) is 3.30. The number of nitrogens with one attached hydrogen (secondary N) is 1. The molecule has 1 saturated carbocycles. The van der Waals surface area contributed by atoms with E-state index in [1.54, 1.807) is 0 Å². The summed E-state index contributed by atoms with van der Waals surface area (Å²) in [7, 11) is 0. The van der Waals surface area contributed by atoms with Crippen molar-refractivity contribution in [2.75, 3.05) is 0 Å². The van der Waals surface area contributed by atoms with Crippen molar-refractivity contribution in [1.82, 2.24) is 5.32 Å². The monoisotopic (exact) mass is 363 g/mol. The van der Waals surface area contributed by atoms with Gasteiger partial charge < -0.3 is 15.2 Å². The molecule has 1 aliphatic carbocycles. The Balaban J connectivity index is 2.04. The number of carboxylic acid groups (broad SMARTS) is 1. The van der Waals surface area contributed by atoms with Crippen molar-refractivity contribution in [2.24, 2.45) is 5.92 Å². The lowest BCUT2D eigenvalue weighted by Crippen LogP contribution is -2.39. The van der Waals surface area contributed by atoms with Gasteiger partial charge in [-0.25, -0.2) is 0 Å². The third-order valence-corrected chi connectivity index (χ3v) is 4.04. The number of hydrogen-bond acceptors (Lipinski definition) is 3. The number of amides is 1. The van der Waals surface area contributed by atoms with Crippen LogP contribution in [0.15, 0.2) is 24.3 Å². The Kier molecular flexibility index (Phi) is 5.86. The van der Waals surface area contributed by atoms with Gasteiger partial charge in [-0.2, -0.15) is 17.6 Å². The maximum absolute atomic E-state index is 13.1. The van der Waals surface area contributed by atoms with Gasteiger partial charge in [-0.05, 0) is 37.8 Å². The van der Waals surface area contributed by atoms with E-state index in [1.807, 2.05) is 0 Å². The van der Waals surface area contributed by atoms with Crippen molar-refractivity contribution in [1.29, 1.82) is 0 Å². The van der Waals surface area contributed by atoms with E-state index in [0.717, 1.165) is 6.07 Å². The fraction of sp³-hybridized carbons (Fsp3) is 0.500. The first-order valence-electron chi connectivity index (χ1n) is 7.68. The van der Waals surface area contributed by atoms with Crippen LogP contribution in [-0.2, 0) is 4.79 Å². The number of ether oxygens (including phenoxy) is 1. The topological polar surface area (TPSA) is 75.6 Å². The molecule has 1 aromatic rings. The predicted molar refractivity (Wildman–Crippen MR) is 78.9 cm³/mol. The molecule has 0 heterocycles. The molecule has 2 N–H and O–H groups in total. The minimum Gasteiger partial charge on any atom is -0.481 e. The minimum absolute atomic E-state index is 0.289. The number of carbonyl (C=O) groups is 2. The molecule has 0 spiro atoms. The Morgan fingerprint density at radius 3 is 2.32 bits per heavy atom.